The molecule has 1 aromatic carbocycles. The third-order valence-electron chi connectivity index (χ3n) is 6.18. The van der Waals surface area contributed by atoms with Crippen LogP contribution in [0.1, 0.15) is 60.6 Å². The van der Waals surface area contributed by atoms with Gasteiger partial charge in [0.05, 0.1) is 24.4 Å². The smallest absolute Gasteiger partial charge is 0.274 e. The van der Waals surface area contributed by atoms with Crippen LogP contribution in [0.5, 0.6) is 0 Å². The minimum absolute atomic E-state index is 0.0176. The molecule has 1 aliphatic heterocycles. The van der Waals surface area contributed by atoms with Crippen LogP contribution >= 0.6 is 0 Å². The molecule has 2 N–H and O–H groups in total. The van der Waals surface area contributed by atoms with Crippen LogP contribution < -0.4 is 5.32 Å². The summed E-state index contributed by atoms with van der Waals surface area (Å²) in [5, 5.41) is 6.30. The van der Waals surface area contributed by atoms with Gasteiger partial charge in [0.2, 0.25) is 5.91 Å². The largest absolute Gasteiger partial charge is 0.361 e. The first-order chi connectivity index (χ1) is 17.2. The van der Waals surface area contributed by atoms with Gasteiger partial charge in [0.15, 0.2) is 11.5 Å². The number of nitrogens with zero attached hydrogens (tertiary/aromatic N) is 3. The summed E-state index contributed by atoms with van der Waals surface area (Å²) in [5.41, 5.74) is 0.513. The molecule has 11 heteroatoms. The molecule has 0 bridgehead atoms. The maximum Gasteiger partial charge on any atom is 0.274 e. The Kier molecular flexibility index (Phi) is 7.56. The van der Waals surface area contributed by atoms with Gasteiger partial charge >= 0.3 is 0 Å². The number of benzene rings is 1. The average molecular weight is 500 g/mol. The zero-order valence-corrected chi connectivity index (χ0v) is 20.0. The van der Waals surface area contributed by atoms with Crippen molar-refractivity contribution < 1.29 is 27.7 Å². The second-order valence-corrected chi connectivity index (χ2v) is 9.02. The van der Waals surface area contributed by atoms with Crippen LogP contribution in [0.25, 0.3) is 11.3 Å². The molecule has 1 aliphatic rings. The predicted octanol–water partition coefficient (Wildman–Crippen LogP) is 3.53. The van der Waals surface area contributed by atoms with Crippen molar-refractivity contribution >= 4 is 17.6 Å². The lowest BCUT2D eigenvalue weighted by molar-refractivity contribution is -0.133. The quantitative estimate of drug-likeness (QED) is 0.465. The number of H-pyrrole nitrogens is 1. The highest BCUT2D eigenvalue weighted by molar-refractivity contribution is 5.98. The number of carbonyl (C=O) groups is 3. The van der Waals surface area contributed by atoms with E-state index in [0.717, 1.165) is 25.0 Å². The van der Waals surface area contributed by atoms with E-state index in [-0.39, 0.29) is 35.8 Å². The molecule has 3 heterocycles. The summed E-state index contributed by atoms with van der Waals surface area (Å²) >= 11 is 0. The lowest BCUT2D eigenvalue weighted by Crippen LogP contribution is -2.45. The lowest BCUT2D eigenvalue weighted by atomic mass is 9.97. The van der Waals surface area contributed by atoms with E-state index in [1.165, 1.54) is 18.3 Å². The van der Waals surface area contributed by atoms with Crippen molar-refractivity contribution in [3.63, 3.8) is 0 Å². The Morgan fingerprint density at radius 1 is 1.17 bits per heavy atom. The van der Waals surface area contributed by atoms with Crippen LogP contribution in [-0.4, -0.2) is 56.8 Å². The van der Waals surface area contributed by atoms with Crippen molar-refractivity contribution in [1.82, 2.24) is 25.3 Å². The molecule has 0 unspecified atom stereocenters. The van der Waals surface area contributed by atoms with Gasteiger partial charge in [0, 0.05) is 43.1 Å². The van der Waals surface area contributed by atoms with Crippen molar-refractivity contribution in [2.45, 2.75) is 51.5 Å². The maximum atomic E-state index is 14.1. The zero-order valence-electron chi connectivity index (χ0n) is 20.0. The van der Waals surface area contributed by atoms with Crippen LogP contribution in [-0.2, 0) is 9.59 Å². The minimum atomic E-state index is -1.06. The Hall–Kier alpha value is -3.89. The normalized spacial score (nSPS) is 15.1. The third kappa shape index (κ3) is 5.84. The molecule has 0 spiro atoms. The monoisotopic (exact) mass is 499 g/mol. The van der Waals surface area contributed by atoms with E-state index in [9.17, 15) is 23.2 Å². The summed E-state index contributed by atoms with van der Waals surface area (Å²) in [6, 6.07) is 3.62. The van der Waals surface area contributed by atoms with Gasteiger partial charge in [-0.3, -0.25) is 14.4 Å². The molecule has 9 nitrogen and oxygen atoms in total. The number of nitrogens with one attached hydrogen (secondary N) is 2. The van der Waals surface area contributed by atoms with Crippen LogP contribution in [0.3, 0.4) is 0 Å². The SMILES string of the molecule is Cc1cc(C(=O)N[C@@H](CC(=O)N2CCCC2)C(=O)C[C@@H](C)c2ncc(-c3ccc(F)cc3F)[nH]2)no1. The molecule has 3 aromatic rings. The molecule has 0 aliphatic carbocycles. The van der Waals surface area contributed by atoms with E-state index < -0.39 is 29.5 Å². The number of halogens is 2. The number of aryl methyl sites for hydroxylation is 1. The van der Waals surface area contributed by atoms with Crippen LogP contribution in [0.2, 0.25) is 0 Å². The number of amides is 2. The van der Waals surface area contributed by atoms with E-state index >= 15 is 0 Å². The maximum absolute atomic E-state index is 14.1. The first kappa shape index (κ1) is 25.2. The Morgan fingerprint density at radius 2 is 1.92 bits per heavy atom. The number of hydrogen-bond donors (Lipinski definition) is 2. The molecular weight excluding hydrogens is 472 g/mol. The molecular formula is C25H27F2N5O4. The number of rotatable bonds is 9. The second kappa shape index (κ2) is 10.8. The number of ketones is 1. The minimum Gasteiger partial charge on any atom is -0.361 e. The Labute approximate surface area is 206 Å². The summed E-state index contributed by atoms with van der Waals surface area (Å²) in [7, 11) is 0. The van der Waals surface area contributed by atoms with Crippen molar-refractivity contribution in [1.29, 1.82) is 0 Å². The fourth-order valence-electron chi connectivity index (χ4n) is 4.19. The predicted molar refractivity (Wildman–Crippen MR) is 125 cm³/mol. The first-order valence-electron chi connectivity index (χ1n) is 11.8. The highest BCUT2D eigenvalue weighted by Crippen LogP contribution is 2.25. The molecule has 4 rings (SSSR count). The Morgan fingerprint density at radius 3 is 2.58 bits per heavy atom. The molecule has 1 saturated heterocycles. The summed E-state index contributed by atoms with van der Waals surface area (Å²) < 4.78 is 32.3. The van der Waals surface area contributed by atoms with E-state index in [1.54, 1.807) is 18.7 Å². The molecule has 0 saturated carbocycles. The molecule has 190 valence electrons. The average Bonchev–Trinajstić information content (AvgIpc) is 3.60. The molecule has 2 amide bonds. The van der Waals surface area contributed by atoms with Gasteiger partial charge in [-0.05, 0) is 31.9 Å². The van der Waals surface area contributed by atoms with Gasteiger partial charge in [-0.1, -0.05) is 12.1 Å². The van der Waals surface area contributed by atoms with Crippen LogP contribution in [0.15, 0.2) is 35.0 Å². The number of imidazole rings is 1. The number of Topliss-reactive ketones (excluding diaryl/α,β-unsaturated/α-hetero) is 1. The molecule has 36 heavy (non-hydrogen) atoms. The molecule has 1 fully saturated rings. The third-order valence-corrected chi connectivity index (χ3v) is 6.18. The molecule has 0 radical (unpaired) electrons. The Bertz CT molecular complexity index is 1260. The lowest BCUT2D eigenvalue weighted by Gasteiger charge is -2.22. The van der Waals surface area contributed by atoms with Gasteiger partial charge in [-0.25, -0.2) is 13.8 Å². The van der Waals surface area contributed by atoms with Crippen molar-refractivity contribution in [3.05, 3.63) is 59.4 Å². The Balaban J connectivity index is 1.47. The van der Waals surface area contributed by atoms with Gasteiger partial charge in [-0.15, -0.1) is 0 Å². The summed E-state index contributed by atoms with van der Waals surface area (Å²) in [4.78, 5) is 47.6. The van der Waals surface area contributed by atoms with Gasteiger partial charge in [0.1, 0.15) is 23.2 Å². The fraction of sp³-hybridized carbons (Fsp3) is 0.400. The topological polar surface area (TPSA) is 121 Å². The summed E-state index contributed by atoms with van der Waals surface area (Å²) in [5.74, 6) is -2.16. The highest BCUT2D eigenvalue weighted by atomic mass is 19.1. The van der Waals surface area contributed by atoms with Gasteiger partial charge < -0.3 is 19.7 Å². The van der Waals surface area contributed by atoms with E-state index in [2.05, 4.69) is 20.4 Å². The van der Waals surface area contributed by atoms with Crippen LogP contribution in [0.4, 0.5) is 8.78 Å². The second-order valence-electron chi connectivity index (χ2n) is 9.02. The van der Waals surface area contributed by atoms with E-state index in [1.807, 2.05) is 0 Å². The van der Waals surface area contributed by atoms with E-state index in [4.69, 9.17) is 4.52 Å². The van der Waals surface area contributed by atoms with E-state index in [0.29, 0.717) is 30.4 Å². The van der Waals surface area contributed by atoms with Crippen molar-refractivity contribution in [2.24, 2.45) is 0 Å². The molecule has 2 aromatic heterocycles. The van der Waals surface area contributed by atoms with Crippen molar-refractivity contribution in [2.75, 3.05) is 13.1 Å². The summed E-state index contributed by atoms with van der Waals surface area (Å²) in [6.45, 7) is 4.65. The number of aromatic amines is 1. The van der Waals surface area contributed by atoms with Gasteiger partial charge in [0.25, 0.3) is 5.91 Å². The number of carbonyl (C=O) groups excluding carboxylic acids is 3. The number of aromatic nitrogens is 3. The van der Waals surface area contributed by atoms with Crippen LogP contribution in [0, 0.1) is 18.6 Å². The fourth-order valence-corrected chi connectivity index (χ4v) is 4.19. The first-order valence-corrected chi connectivity index (χ1v) is 11.8. The number of likely N-dealkylation sites (tertiary alicyclic amines) is 1. The summed E-state index contributed by atoms with van der Waals surface area (Å²) in [6.07, 6.45) is 3.02. The molecule has 2 atom stereocenters. The number of hydrogen-bond acceptors (Lipinski definition) is 6. The highest BCUT2D eigenvalue weighted by Gasteiger charge is 2.30. The van der Waals surface area contributed by atoms with Crippen molar-refractivity contribution in [3.8, 4) is 11.3 Å². The van der Waals surface area contributed by atoms with Gasteiger partial charge in [-0.2, -0.15) is 0 Å². The zero-order chi connectivity index (χ0) is 25.8. The standard InChI is InChI=1S/C25H27F2N5O4/c1-14(24-28-13-21(29-24)17-6-5-16(26)11-18(17)27)9-22(33)19(12-23(34)32-7-3-4-8-32)30-25(35)20-10-15(2)36-31-20/h5-6,10-11,13-14,19H,3-4,7-9,12H2,1-2H3,(H,28,29)(H,30,35)/t14-,19+/m1/s1.